The van der Waals surface area contributed by atoms with Crippen LogP contribution < -0.4 is 10.6 Å². The SMILES string of the molecule is CN(C)CCNc1cc(F)cc(-c2cncc3[nH]c(-c4n[nH]c5ccc(-c6cncc(NC(=O)CC7CCCCC7)c6)cc45)cc23)c1. The standard InChI is InChI=1S/C37H39FN8O/c1-46(2)11-10-41-28-14-25(13-27(38)17-28)32-21-40-22-35-30(32)18-34(43-35)37-31-16-24(8-9-33(31)44-45-37)26-15-29(20-39-19-26)42-36(47)12-23-6-4-3-5-7-23/h8-9,13-23,41,43H,3-7,10-12H2,1-2H3,(H,42,47)(H,44,45). The number of rotatable bonds is 10. The third-order valence-electron chi connectivity index (χ3n) is 9.01. The third-order valence-corrected chi connectivity index (χ3v) is 9.01. The van der Waals surface area contributed by atoms with Crippen LogP contribution in [-0.4, -0.2) is 63.1 Å². The van der Waals surface area contributed by atoms with Gasteiger partial charge < -0.3 is 20.5 Å². The predicted octanol–water partition coefficient (Wildman–Crippen LogP) is 7.86. The number of carbonyl (C=O) groups excluding carboxylic acids is 1. The molecule has 0 unspecified atom stereocenters. The number of aromatic amines is 2. The Hall–Kier alpha value is -5.09. The molecule has 4 heterocycles. The van der Waals surface area contributed by atoms with E-state index in [0.717, 1.165) is 80.5 Å². The van der Waals surface area contributed by atoms with Crippen LogP contribution >= 0.6 is 0 Å². The Morgan fingerprint density at radius 2 is 1.70 bits per heavy atom. The van der Waals surface area contributed by atoms with Crippen LogP contribution in [0.3, 0.4) is 0 Å². The van der Waals surface area contributed by atoms with Crippen molar-refractivity contribution in [3.63, 3.8) is 0 Å². The number of aromatic nitrogens is 5. The number of halogens is 1. The van der Waals surface area contributed by atoms with E-state index in [-0.39, 0.29) is 11.7 Å². The molecular weight excluding hydrogens is 591 g/mol. The van der Waals surface area contributed by atoms with Gasteiger partial charge in [-0.15, -0.1) is 0 Å². The molecule has 6 aromatic rings. The second-order valence-corrected chi connectivity index (χ2v) is 12.8. The van der Waals surface area contributed by atoms with Gasteiger partial charge in [0.15, 0.2) is 0 Å². The number of likely N-dealkylation sites (N-methyl/N-ethyl adjacent to an activating group) is 1. The average Bonchev–Trinajstić information content (AvgIpc) is 3.69. The van der Waals surface area contributed by atoms with Crippen LogP contribution in [0.2, 0.25) is 0 Å². The highest BCUT2D eigenvalue weighted by molar-refractivity contribution is 6.01. The molecule has 4 N–H and O–H groups in total. The Labute approximate surface area is 273 Å². The molecule has 1 aliphatic carbocycles. The maximum atomic E-state index is 14.7. The number of carbonyl (C=O) groups is 1. The van der Waals surface area contributed by atoms with Crippen LogP contribution in [0.25, 0.3) is 55.4 Å². The van der Waals surface area contributed by atoms with E-state index in [1.807, 2.05) is 44.4 Å². The summed E-state index contributed by atoms with van der Waals surface area (Å²) in [6.07, 6.45) is 13.6. The second-order valence-electron chi connectivity index (χ2n) is 12.8. The van der Waals surface area contributed by atoms with E-state index in [4.69, 9.17) is 0 Å². The molecule has 1 saturated carbocycles. The number of benzene rings is 2. The molecule has 47 heavy (non-hydrogen) atoms. The number of nitrogens with zero attached hydrogens (tertiary/aromatic N) is 4. The van der Waals surface area contributed by atoms with Gasteiger partial charge in [0, 0.05) is 59.5 Å². The van der Waals surface area contributed by atoms with Gasteiger partial charge in [0.2, 0.25) is 5.91 Å². The van der Waals surface area contributed by atoms with Crippen molar-refractivity contribution in [2.45, 2.75) is 38.5 Å². The van der Waals surface area contributed by atoms with Gasteiger partial charge in [-0.25, -0.2) is 4.39 Å². The molecule has 240 valence electrons. The lowest BCUT2D eigenvalue weighted by Gasteiger charge is -2.20. The van der Waals surface area contributed by atoms with Gasteiger partial charge in [-0.2, -0.15) is 5.10 Å². The van der Waals surface area contributed by atoms with Crippen molar-refractivity contribution in [2.24, 2.45) is 5.92 Å². The molecule has 2 aromatic carbocycles. The van der Waals surface area contributed by atoms with Gasteiger partial charge in [-0.3, -0.25) is 19.9 Å². The number of hydrogen-bond acceptors (Lipinski definition) is 6. The third kappa shape index (κ3) is 6.88. The topological polar surface area (TPSA) is 115 Å². The van der Waals surface area contributed by atoms with Crippen molar-refractivity contribution >= 4 is 39.1 Å². The Kier molecular flexibility index (Phi) is 8.67. The van der Waals surface area contributed by atoms with Crippen LogP contribution in [0, 0.1) is 11.7 Å². The van der Waals surface area contributed by atoms with Gasteiger partial charge in [0.25, 0.3) is 0 Å². The van der Waals surface area contributed by atoms with Gasteiger partial charge in [-0.1, -0.05) is 25.3 Å². The number of fused-ring (bicyclic) bond motifs is 2. The molecule has 1 amide bonds. The Morgan fingerprint density at radius 1 is 0.872 bits per heavy atom. The molecule has 4 aromatic heterocycles. The molecule has 10 heteroatoms. The lowest BCUT2D eigenvalue weighted by atomic mass is 9.87. The van der Waals surface area contributed by atoms with Gasteiger partial charge in [-0.05, 0) is 86.4 Å². The average molecular weight is 631 g/mol. The highest BCUT2D eigenvalue weighted by Gasteiger charge is 2.18. The summed E-state index contributed by atoms with van der Waals surface area (Å²) < 4.78 is 14.7. The van der Waals surface area contributed by atoms with Crippen molar-refractivity contribution < 1.29 is 9.18 Å². The summed E-state index contributed by atoms with van der Waals surface area (Å²) in [4.78, 5) is 27.2. The maximum absolute atomic E-state index is 14.7. The summed E-state index contributed by atoms with van der Waals surface area (Å²) in [6.45, 7) is 1.54. The highest BCUT2D eigenvalue weighted by atomic mass is 19.1. The predicted molar refractivity (Wildman–Crippen MR) is 187 cm³/mol. The molecular formula is C37H39FN8O. The smallest absolute Gasteiger partial charge is 0.224 e. The first-order chi connectivity index (χ1) is 22.9. The Bertz CT molecular complexity index is 2040. The zero-order valence-electron chi connectivity index (χ0n) is 26.7. The second kappa shape index (κ2) is 13.3. The fraction of sp³-hybridized carbons (Fsp3) is 0.297. The van der Waals surface area contributed by atoms with E-state index < -0.39 is 0 Å². The first-order valence-corrected chi connectivity index (χ1v) is 16.3. The molecule has 1 fully saturated rings. The molecule has 0 atom stereocenters. The van der Waals surface area contributed by atoms with E-state index in [2.05, 4.69) is 46.7 Å². The van der Waals surface area contributed by atoms with Crippen LogP contribution in [0.4, 0.5) is 15.8 Å². The first kappa shape index (κ1) is 30.6. The van der Waals surface area contributed by atoms with Crippen molar-refractivity contribution in [1.29, 1.82) is 0 Å². The highest BCUT2D eigenvalue weighted by Crippen LogP contribution is 2.36. The number of nitrogens with one attached hydrogen (secondary N) is 4. The fourth-order valence-electron chi connectivity index (χ4n) is 6.61. The van der Waals surface area contributed by atoms with Crippen LogP contribution in [0.5, 0.6) is 0 Å². The van der Waals surface area contributed by atoms with Crippen molar-refractivity contribution in [3.8, 4) is 33.6 Å². The summed E-state index contributed by atoms with van der Waals surface area (Å²) in [5.41, 5.74) is 8.16. The lowest BCUT2D eigenvalue weighted by molar-refractivity contribution is -0.117. The number of H-pyrrole nitrogens is 2. The summed E-state index contributed by atoms with van der Waals surface area (Å²) in [7, 11) is 4.01. The minimum Gasteiger partial charge on any atom is -0.384 e. The lowest BCUT2D eigenvalue weighted by Crippen LogP contribution is -2.20. The van der Waals surface area contributed by atoms with E-state index in [0.29, 0.717) is 24.6 Å². The zero-order chi connectivity index (χ0) is 32.3. The largest absolute Gasteiger partial charge is 0.384 e. The summed E-state index contributed by atoms with van der Waals surface area (Å²) in [6, 6.07) is 15.1. The van der Waals surface area contributed by atoms with E-state index >= 15 is 0 Å². The molecule has 0 aliphatic heterocycles. The summed E-state index contributed by atoms with van der Waals surface area (Å²) in [5, 5.41) is 16.1. The van der Waals surface area contributed by atoms with Crippen LogP contribution in [-0.2, 0) is 4.79 Å². The molecule has 1 aliphatic rings. The summed E-state index contributed by atoms with van der Waals surface area (Å²) in [5.74, 6) is 0.210. The number of anilines is 2. The quantitative estimate of drug-likeness (QED) is 0.123. The Morgan fingerprint density at radius 3 is 2.55 bits per heavy atom. The molecule has 7 rings (SSSR count). The maximum Gasteiger partial charge on any atom is 0.224 e. The van der Waals surface area contributed by atoms with Crippen molar-refractivity contribution in [2.75, 3.05) is 37.8 Å². The molecule has 9 nitrogen and oxygen atoms in total. The van der Waals surface area contributed by atoms with Gasteiger partial charge >= 0.3 is 0 Å². The molecule has 0 spiro atoms. The monoisotopic (exact) mass is 630 g/mol. The zero-order valence-corrected chi connectivity index (χ0v) is 26.7. The van der Waals surface area contributed by atoms with E-state index in [1.54, 1.807) is 24.8 Å². The molecule has 0 bridgehead atoms. The van der Waals surface area contributed by atoms with Gasteiger partial charge in [0.1, 0.15) is 11.5 Å². The van der Waals surface area contributed by atoms with Crippen molar-refractivity contribution in [3.05, 3.63) is 79.1 Å². The molecule has 0 saturated heterocycles. The number of amides is 1. The summed E-state index contributed by atoms with van der Waals surface area (Å²) >= 11 is 0. The molecule has 0 radical (unpaired) electrons. The van der Waals surface area contributed by atoms with Crippen LogP contribution in [0.1, 0.15) is 38.5 Å². The first-order valence-electron chi connectivity index (χ1n) is 16.3. The Balaban J connectivity index is 1.16. The fourth-order valence-corrected chi connectivity index (χ4v) is 6.61. The van der Waals surface area contributed by atoms with Crippen LogP contribution in [0.15, 0.2) is 73.3 Å². The van der Waals surface area contributed by atoms with E-state index in [9.17, 15) is 9.18 Å². The van der Waals surface area contributed by atoms with E-state index in [1.165, 1.54) is 31.4 Å². The number of pyridine rings is 2. The minimum atomic E-state index is -0.309. The normalized spacial score (nSPS) is 13.9. The van der Waals surface area contributed by atoms with Gasteiger partial charge in [0.05, 0.1) is 34.8 Å². The minimum absolute atomic E-state index is 0.0474. The number of hydrogen-bond donors (Lipinski definition) is 4. The van der Waals surface area contributed by atoms with Crippen molar-refractivity contribution in [1.82, 2.24) is 30.0 Å².